The van der Waals surface area contributed by atoms with Crippen LogP contribution in [0.5, 0.6) is 5.75 Å². The minimum absolute atomic E-state index is 0.219. The van der Waals surface area contributed by atoms with E-state index in [1.54, 1.807) is 0 Å². The van der Waals surface area contributed by atoms with Crippen molar-refractivity contribution < 1.29 is 13.9 Å². The molecule has 1 N–H and O–H groups in total. The quantitative estimate of drug-likeness (QED) is 0.857. The lowest BCUT2D eigenvalue weighted by atomic mass is 9.96. The molecule has 0 heterocycles. The van der Waals surface area contributed by atoms with Gasteiger partial charge in [-0.1, -0.05) is 19.3 Å². The Bertz CT molecular complexity index is 372. The molecule has 0 spiro atoms. The summed E-state index contributed by atoms with van der Waals surface area (Å²) in [7, 11) is 0. The van der Waals surface area contributed by atoms with E-state index in [0.717, 1.165) is 25.7 Å². The molecule has 3 nitrogen and oxygen atoms in total. The molecule has 0 radical (unpaired) electrons. The van der Waals surface area contributed by atoms with Crippen LogP contribution in [-0.2, 0) is 0 Å². The van der Waals surface area contributed by atoms with Crippen molar-refractivity contribution in [2.24, 2.45) is 0 Å². The van der Waals surface area contributed by atoms with E-state index in [4.69, 9.17) is 4.74 Å². The Labute approximate surface area is 100.0 Å². The number of hydrogen-bond donors (Lipinski definition) is 1. The van der Waals surface area contributed by atoms with Crippen molar-refractivity contribution in [3.63, 3.8) is 0 Å². The number of hydrogen-bond acceptors (Lipinski definition) is 2. The fourth-order valence-corrected chi connectivity index (χ4v) is 2.05. The second-order valence-electron chi connectivity index (χ2n) is 4.32. The van der Waals surface area contributed by atoms with Crippen LogP contribution >= 0.6 is 0 Å². The van der Waals surface area contributed by atoms with E-state index in [0.29, 0.717) is 5.75 Å². The first-order valence-electron chi connectivity index (χ1n) is 5.98. The average Bonchev–Trinajstić information content (AvgIpc) is 2.33. The summed E-state index contributed by atoms with van der Waals surface area (Å²) in [6, 6.07) is 5.63. The molecule has 0 aromatic heterocycles. The zero-order valence-electron chi connectivity index (χ0n) is 9.62. The van der Waals surface area contributed by atoms with Gasteiger partial charge in [-0.15, -0.1) is 0 Å². The number of carbonyl (C=O) groups excluding carboxylic acids is 1. The summed E-state index contributed by atoms with van der Waals surface area (Å²) >= 11 is 0. The fourth-order valence-electron chi connectivity index (χ4n) is 2.05. The zero-order chi connectivity index (χ0) is 12.1. The molecular weight excluding hydrogens is 221 g/mol. The predicted octanol–water partition coefficient (Wildman–Crippen LogP) is 3.25. The van der Waals surface area contributed by atoms with Gasteiger partial charge in [-0.05, 0) is 37.1 Å². The monoisotopic (exact) mass is 237 g/mol. The van der Waals surface area contributed by atoms with Gasteiger partial charge in [0.15, 0.2) is 0 Å². The molecule has 0 unspecified atom stereocenters. The first kappa shape index (κ1) is 11.9. The Morgan fingerprint density at radius 3 is 2.47 bits per heavy atom. The van der Waals surface area contributed by atoms with Gasteiger partial charge in [-0.2, -0.15) is 0 Å². The van der Waals surface area contributed by atoms with Crippen LogP contribution in [0.2, 0.25) is 0 Å². The average molecular weight is 237 g/mol. The molecule has 1 aromatic rings. The Balaban J connectivity index is 1.82. The first-order chi connectivity index (χ1) is 8.24. The maximum atomic E-state index is 12.6. The highest BCUT2D eigenvalue weighted by molar-refractivity contribution is 5.70. The minimum atomic E-state index is -0.455. The Hall–Kier alpha value is -1.58. The van der Waals surface area contributed by atoms with Crippen molar-refractivity contribution in [1.29, 1.82) is 0 Å². The second-order valence-corrected chi connectivity index (χ2v) is 4.32. The summed E-state index contributed by atoms with van der Waals surface area (Å²) in [6.45, 7) is 0. The fraction of sp³-hybridized carbons (Fsp3) is 0.462. The highest BCUT2D eigenvalue weighted by atomic mass is 19.1. The summed E-state index contributed by atoms with van der Waals surface area (Å²) in [4.78, 5) is 11.5. The molecule has 1 aliphatic carbocycles. The zero-order valence-corrected chi connectivity index (χ0v) is 9.62. The standard InChI is InChI=1S/C13H16FNO2/c14-10-6-8-12(9-7-10)17-13(16)15-11-4-2-1-3-5-11/h6-9,11H,1-5H2,(H,15,16). The van der Waals surface area contributed by atoms with Gasteiger partial charge in [0.25, 0.3) is 0 Å². The second kappa shape index (κ2) is 5.66. The molecule has 1 saturated carbocycles. The van der Waals surface area contributed by atoms with Crippen molar-refractivity contribution in [3.05, 3.63) is 30.1 Å². The highest BCUT2D eigenvalue weighted by Gasteiger charge is 2.16. The third-order valence-electron chi connectivity index (χ3n) is 2.95. The third-order valence-corrected chi connectivity index (χ3v) is 2.95. The molecule has 92 valence electrons. The number of halogens is 1. The summed E-state index contributed by atoms with van der Waals surface area (Å²) in [6.07, 6.45) is 5.12. The van der Waals surface area contributed by atoms with Crippen LogP contribution in [0.1, 0.15) is 32.1 Å². The summed E-state index contributed by atoms with van der Waals surface area (Å²) in [5.41, 5.74) is 0. The number of ether oxygens (including phenoxy) is 1. The van der Waals surface area contributed by atoms with Gasteiger partial charge in [0.1, 0.15) is 11.6 Å². The van der Waals surface area contributed by atoms with E-state index in [-0.39, 0.29) is 11.9 Å². The van der Waals surface area contributed by atoms with E-state index in [9.17, 15) is 9.18 Å². The molecule has 0 aliphatic heterocycles. The van der Waals surface area contributed by atoms with Gasteiger partial charge in [0, 0.05) is 6.04 Å². The summed E-state index contributed by atoms with van der Waals surface area (Å²) in [5.74, 6) is 0.0183. The van der Waals surface area contributed by atoms with Crippen molar-refractivity contribution in [3.8, 4) is 5.75 Å². The SMILES string of the molecule is O=C(NC1CCCCC1)Oc1ccc(F)cc1. The third kappa shape index (κ3) is 3.73. The largest absolute Gasteiger partial charge is 0.412 e. The van der Waals surface area contributed by atoms with Crippen LogP contribution in [0.3, 0.4) is 0 Å². The summed E-state index contributed by atoms with van der Waals surface area (Å²) < 4.78 is 17.7. The molecule has 4 heteroatoms. The molecule has 1 amide bonds. The molecule has 0 bridgehead atoms. The summed E-state index contributed by atoms with van der Waals surface area (Å²) in [5, 5.41) is 2.83. The number of rotatable bonds is 2. The molecule has 1 fully saturated rings. The molecule has 0 atom stereocenters. The maximum absolute atomic E-state index is 12.6. The number of carbonyl (C=O) groups is 1. The maximum Gasteiger partial charge on any atom is 0.412 e. The molecule has 17 heavy (non-hydrogen) atoms. The molecule has 1 aromatic carbocycles. The van der Waals surface area contributed by atoms with Crippen LogP contribution < -0.4 is 10.1 Å². The van der Waals surface area contributed by atoms with Gasteiger partial charge in [-0.25, -0.2) is 9.18 Å². The Morgan fingerprint density at radius 2 is 1.82 bits per heavy atom. The topological polar surface area (TPSA) is 38.3 Å². The van der Waals surface area contributed by atoms with Crippen molar-refractivity contribution in [1.82, 2.24) is 5.32 Å². The lowest BCUT2D eigenvalue weighted by Gasteiger charge is -2.22. The van der Waals surface area contributed by atoms with Gasteiger partial charge in [0.05, 0.1) is 0 Å². The van der Waals surface area contributed by atoms with Gasteiger partial charge in [0.2, 0.25) is 0 Å². The van der Waals surface area contributed by atoms with Crippen LogP contribution in [0, 0.1) is 5.82 Å². The van der Waals surface area contributed by atoms with E-state index in [1.165, 1.54) is 30.7 Å². The van der Waals surface area contributed by atoms with Gasteiger partial charge in [-0.3, -0.25) is 0 Å². The van der Waals surface area contributed by atoms with Gasteiger partial charge >= 0.3 is 6.09 Å². The normalized spacial score (nSPS) is 16.5. The number of benzene rings is 1. The van der Waals surface area contributed by atoms with Gasteiger partial charge < -0.3 is 10.1 Å². The molecule has 1 aliphatic rings. The van der Waals surface area contributed by atoms with E-state index < -0.39 is 6.09 Å². The van der Waals surface area contributed by atoms with Crippen LogP contribution in [0.4, 0.5) is 9.18 Å². The van der Waals surface area contributed by atoms with Crippen molar-refractivity contribution >= 4 is 6.09 Å². The van der Waals surface area contributed by atoms with Crippen molar-refractivity contribution in [2.75, 3.05) is 0 Å². The van der Waals surface area contributed by atoms with Crippen molar-refractivity contribution in [2.45, 2.75) is 38.1 Å². The van der Waals surface area contributed by atoms with E-state index in [1.807, 2.05) is 0 Å². The first-order valence-corrected chi connectivity index (χ1v) is 5.98. The number of amides is 1. The minimum Gasteiger partial charge on any atom is -0.410 e. The van der Waals surface area contributed by atoms with Crippen LogP contribution in [0.15, 0.2) is 24.3 Å². The Kier molecular flexibility index (Phi) is 3.96. The van der Waals surface area contributed by atoms with E-state index >= 15 is 0 Å². The van der Waals surface area contributed by atoms with E-state index in [2.05, 4.69) is 5.32 Å². The Morgan fingerprint density at radius 1 is 1.18 bits per heavy atom. The molecule has 0 saturated heterocycles. The molecular formula is C13H16FNO2. The van der Waals surface area contributed by atoms with Crippen LogP contribution in [0.25, 0.3) is 0 Å². The lowest BCUT2D eigenvalue weighted by molar-refractivity contribution is 0.192. The number of nitrogens with one attached hydrogen (secondary N) is 1. The highest BCUT2D eigenvalue weighted by Crippen LogP contribution is 2.18. The van der Waals surface area contributed by atoms with Crippen LogP contribution in [-0.4, -0.2) is 12.1 Å². The molecule has 2 rings (SSSR count). The smallest absolute Gasteiger partial charge is 0.410 e. The lowest BCUT2D eigenvalue weighted by Crippen LogP contribution is -2.37. The predicted molar refractivity (Wildman–Crippen MR) is 62.4 cm³/mol.